The zero-order chi connectivity index (χ0) is 18.3. The van der Waals surface area contributed by atoms with Crippen LogP contribution in [0.4, 0.5) is 5.95 Å². The molecule has 2 aliphatic rings. The molecule has 0 unspecified atom stereocenters. The molecule has 1 aromatic heterocycles. The number of Topliss-reactive ketones (excluding diaryl/α,β-unsaturated/α-hetero) is 1. The molecule has 2 aromatic rings. The first-order valence-electron chi connectivity index (χ1n) is 8.39. The monoisotopic (exact) mass is 372 g/mol. The summed E-state index contributed by atoms with van der Waals surface area (Å²) in [7, 11) is 3.21. The molecule has 0 saturated heterocycles. The van der Waals surface area contributed by atoms with Crippen molar-refractivity contribution in [2.24, 2.45) is 5.92 Å². The molecule has 7 nitrogen and oxygen atoms in total. The Kier molecular flexibility index (Phi) is 4.36. The van der Waals surface area contributed by atoms with Crippen LogP contribution < -0.4 is 14.8 Å². The SMILES string of the molecule is COc1cccc([C@@H]2[C@H]3C(=O)CCC=C3Nc3nc(SC)nn32)c1OC. The first kappa shape index (κ1) is 17.0. The van der Waals surface area contributed by atoms with Crippen molar-refractivity contribution in [2.75, 3.05) is 25.8 Å². The summed E-state index contributed by atoms with van der Waals surface area (Å²) in [6.07, 6.45) is 5.28. The molecule has 0 bridgehead atoms. The van der Waals surface area contributed by atoms with Gasteiger partial charge in [0.25, 0.3) is 0 Å². The number of thioether (sulfide) groups is 1. The summed E-state index contributed by atoms with van der Waals surface area (Å²) in [5, 5.41) is 8.57. The standard InChI is InChI=1S/C18H20N4O3S/c1-24-13-9-4-6-10(16(13)25-2)15-14-11(7-5-8-12(14)23)19-17-20-18(26-3)21-22(15)17/h4,6-7,9,14-15H,5,8H2,1-3H3,(H,19,20,21)/t14-,15-/m1/s1. The number of fused-ring (bicyclic) bond motifs is 2. The predicted octanol–water partition coefficient (Wildman–Crippen LogP) is 2.90. The average molecular weight is 372 g/mol. The molecule has 1 aliphatic carbocycles. The summed E-state index contributed by atoms with van der Waals surface area (Å²) < 4.78 is 12.9. The predicted molar refractivity (Wildman–Crippen MR) is 98.9 cm³/mol. The molecular weight excluding hydrogens is 352 g/mol. The fourth-order valence-electron chi connectivity index (χ4n) is 3.70. The number of rotatable bonds is 4. The number of nitrogens with zero attached hydrogens (tertiary/aromatic N) is 3. The summed E-state index contributed by atoms with van der Waals surface area (Å²) in [5.74, 6) is 1.74. The number of benzene rings is 1. The van der Waals surface area contributed by atoms with Crippen molar-refractivity contribution in [2.45, 2.75) is 24.0 Å². The highest BCUT2D eigenvalue weighted by Gasteiger charge is 2.43. The summed E-state index contributed by atoms with van der Waals surface area (Å²) >= 11 is 1.47. The number of hydrogen-bond donors (Lipinski definition) is 1. The summed E-state index contributed by atoms with van der Waals surface area (Å²) in [6.45, 7) is 0. The third-order valence-electron chi connectivity index (χ3n) is 4.82. The van der Waals surface area contributed by atoms with Gasteiger partial charge >= 0.3 is 0 Å². The number of hydrogen-bond acceptors (Lipinski definition) is 7. The van der Waals surface area contributed by atoms with Gasteiger partial charge in [0.05, 0.1) is 26.2 Å². The van der Waals surface area contributed by atoms with Crippen LogP contribution in [-0.2, 0) is 4.79 Å². The highest BCUT2D eigenvalue weighted by Crippen LogP contribution is 2.46. The maximum absolute atomic E-state index is 12.8. The van der Waals surface area contributed by atoms with Crippen molar-refractivity contribution in [3.05, 3.63) is 35.5 Å². The molecule has 2 atom stereocenters. The largest absolute Gasteiger partial charge is 0.493 e. The number of methoxy groups -OCH3 is 2. The second-order valence-corrected chi connectivity index (χ2v) is 6.93. The van der Waals surface area contributed by atoms with Crippen LogP contribution >= 0.6 is 11.8 Å². The van der Waals surface area contributed by atoms with Gasteiger partial charge in [0.1, 0.15) is 5.78 Å². The summed E-state index contributed by atoms with van der Waals surface area (Å²) in [5.41, 5.74) is 1.75. The van der Waals surface area contributed by atoms with Crippen LogP contribution in [0.1, 0.15) is 24.4 Å². The van der Waals surface area contributed by atoms with Crippen LogP contribution in [0.2, 0.25) is 0 Å². The fraction of sp³-hybridized carbons (Fsp3) is 0.389. The number of aromatic nitrogens is 3. The van der Waals surface area contributed by atoms with Crippen LogP contribution in [0.5, 0.6) is 11.5 Å². The maximum Gasteiger partial charge on any atom is 0.227 e. The van der Waals surface area contributed by atoms with Gasteiger partial charge in [-0.05, 0) is 18.7 Å². The van der Waals surface area contributed by atoms with Gasteiger partial charge in [-0.3, -0.25) is 4.79 Å². The van der Waals surface area contributed by atoms with Crippen LogP contribution in [0.15, 0.2) is 35.1 Å². The quantitative estimate of drug-likeness (QED) is 0.827. The molecule has 0 amide bonds. The van der Waals surface area contributed by atoms with Gasteiger partial charge in [-0.15, -0.1) is 5.10 Å². The van der Waals surface area contributed by atoms with Gasteiger partial charge in [-0.2, -0.15) is 4.98 Å². The molecular formula is C18H20N4O3S. The minimum atomic E-state index is -0.339. The number of anilines is 1. The smallest absolute Gasteiger partial charge is 0.227 e. The zero-order valence-electron chi connectivity index (χ0n) is 14.9. The highest BCUT2D eigenvalue weighted by molar-refractivity contribution is 7.98. The zero-order valence-corrected chi connectivity index (χ0v) is 15.7. The van der Waals surface area contributed by atoms with E-state index in [0.29, 0.717) is 29.0 Å². The fourth-order valence-corrected chi connectivity index (χ4v) is 4.04. The molecule has 0 radical (unpaired) electrons. The van der Waals surface area contributed by atoms with E-state index in [1.54, 1.807) is 18.9 Å². The Bertz CT molecular complexity index is 893. The normalized spacial score (nSPS) is 21.3. The minimum Gasteiger partial charge on any atom is -0.493 e. The Morgan fingerprint density at radius 1 is 1.31 bits per heavy atom. The van der Waals surface area contributed by atoms with Gasteiger partial charge in [0.2, 0.25) is 11.1 Å². The molecule has 0 spiro atoms. The van der Waals surface area contributed by atoms with Crippen LogP contribution in [0.25, 0.3) is 0 Å². The second-order valence-electron chi connectivity index (χ2n) is 6.16. The Labute approximate surface area is 155 Å². The van der Waals surface area contributed by atoms with Gasteiger partial charge in [-0.1, -0.05) is 30.0 Å². The maximum atomic E-state index is 12.8. The van der Waals surface area contributed by atoms with E-state index in [1.807, 2.05) is 24.5 Å². The molecule has 1 aliphatic heterocycles. The van der Waals surface area contributed by atoms with E-state index in [1.165, 1.54) is 11.8 Å². The molecule has 1 aromatic carbocycles. The van der Waals surface area contributed by atoms with Gasteiger partial charge in [-0.25, -0.2) is 4.68 Å². The Balaban J connectivity index is 1.95. The minimum absolute atomic E-state index is 0.191. The third-order valence-corrected chi connectivity index (χ3v) is 5.36. The Morgan fingerprint density at radius 3 is 2.88 bits per heavy atom. The lowest BCUT2D eigenvalue weighted by Crippen LogP contribution is -2.39. The first-order valence-corrected chi connectivity index (χ1v) is 9.61. The lowest BCUT2D eigenvalue weighted by Gasteiger charge is -2.36. The van der Waals surface area contributed by atoms with Crippen molar-refractivity contribution in [1.29, 1.82) is 0 Å². The van der Waals surface area contributed by atoms with Crippen LogP contribution in [-0.4, -0.2) is 41.0 Å². The van der Waals surface area contributed by atoms with Crippen LogP contribution in [0.3, 0.4) is 0 Å². The third kappa shape index (κ3) is 2.56. The molecule has 8 heteroatoms. The van der Waals surface area contributed by atoms with Crippen molar-refractivity contribution >= 4 is 23.5 Å². The van der Waals surface area contributed by atoms with Gasteiger partial charge < -0.3 is 14.8 Å². The molecule has 4 rings (SSSR count). The first-order chi connectivity index (χ1) is 12.7. The number of carbonyl (C=O) groups is 1. The molecule has 0 fully saturated rings. The van der Waals surface area contributed by atoms with Gasteiger partial charge in [0.15, 0.2) is 11.5 Å². The van der Waals surface area contributed by atoms with E-state index in [2.05, 4.69) is 21.5 Å². The lowest BCUT2D eigenvalue weighted by atomic mass is 9.80. The summed E-state index contributed by atoms with van der Waals surface area (Å²) in [6, 6.07) is 5.38. The van der Waals surface area contributed by atoms with E-state index < -0.39 is 0 Å². The van der Waals surface area contributed by atoms with E-state index >= 15 is 0 Å². The van der Waals surface area contributed by atoms with E-state index in [4.69, 9.17) is 9.47 Å². The number of allylic oxidation sites excluding steroid dienone is 2. The molecule has 136 valence electrons. The Morgan fingerprint density at radius 2 is 2.15 bits per heavy atom. The topological polar surface area (TPSA) is 78.3 Å². The average Bonchev–Trinajstić information content (AvgIpc) is 3.08. The molecule has 0 saturated carbocycles. The molecule has 26 heavy (non-hydrogen) atoms. The number of ketones is 1. The van der Waals surface area contributed by atoms with E-state index in [9.17, 15) is 4.79 Å². The number of ether oxygens (including phenoxy) is 2. The van der Waals surface area contributed by atoms with Crippen LogP contribution in [0, 0.1) is 5.92 Å². The highest BCUT2D eigenvalue weighted by atomic mass is 32.2. The number of nitrogens with one attached hydrogen (secondary N) is 1. The van der Waals surface area contributed by atoms with Crippen molar-refractivity contribution in [3.63, 3.8) is 0 Å². The van der Waals surface area contributed by atoms with E-state index in [-0.39, 0.29) is 17.7 Å². The van der Waals surface area contributed by atoms with Gasteiger partial charge in [0, 0.05) is 17.7 Å². The lowest BCUT2D eigenvalue weighted by molar-refractivity contribution is -0.123. The second kappa shape index (κ2) is 6.68. The molecule has 2 heterocycles. The number of para-hydroxylation sites is 1. The van der Waals surface area contributed by atoms with Crippen molar-refractivity contribution in [3.8, 4) is 11.5 Å². The van der Waals surface area contributed by atoms with Crippen molar-refractivity contribution < 1.29 is 14.3 Å². The Hall–Kier alpha value is -2.48. The van der Waals surface area contributed by atoms with E-state index in [0.717, 1.165) is 17.7 Å². The summed E-state index contributed by atoms with van der Waals surface area (Å²) in [4.78, 5) is 17.4. The number of carbonyl (C=O) groups excluding carboxylic acids is 1. The molecule has 1 N–H and O–H groups in total. The van der Waals surface area contributed by atoms with Crippen molar-refractivity contribution in [1.82, 2.24) is 14.8 Å².